The topological polar surface area (TPSA) is 36.3 Å². The van der Waals surface area contributed by atoms with Crippen molar-refractivity contribution in [3.05, 3.63) is 35.4 Å². The van der Waals surface area contributed by atoms with Gasteiger partial charge >= 0.3 is 0 Å². The molecule has 0 N–H and O–H groups in total. The van der Waals surface area contributed by atoms with Crippen molar-refractivity contribution in [1.29, 1.82) is 5.26 Å². The second kappa shape index (κ2) is 7.86. The summed E-state index contributed by atoms with van der Waals surface area (Å²) in [6.45, 7) is 6.94. The van der Waals surface area contributed by atoms with Crippen molar-refractivity contribution >= 4 is 0 Å². The summed E-state index contributed by atoms with van der Waals surface area (Å²) >= 11 is 0. The standard InChI is InChI=1S/C12H14N2O.C3H8/c1-14-6-7-15-12(9-14)11-4-2-10(8-13)3-5-11;1-3-2/h2-5,12H,6-7,9H2,1H3;3H2,1-2H3. The van der Waals surface area contributed by atoms with Crippen LogP contribution in [0.15, 0.2) is 24.3 Å². The third kappa shape index (κ3) is 4.48. The van der Waals surface area contributed by atoms with Crippen LogP contribution < -0.4 is 0 Å². The highest BCUT2D eigenvalue weighted by Crippen LogP contribution is 2.21. The third-order valence-corrected chi connectivity index (χ3v) is 2.68. The van der Waals surface area contributed by atoms with Gasteiger partial charge in [-0.05, 0) is 24.7 Å². The Morgan fingerprint density at radius 2 is 1.94 bits per heavy atom. The lowest BCUT2D eigenvalue weighted by Gasteiger charge is -2.30. The lowest BCUT2D eigenvalue weighted by Crippen LogP contribution is -2.35. The molecular weight excluding hydrogens is 224 g/mol. The molecule has 0 spiro atoms. The maximum Gasteiger partial charge on any atom is 0.0991 e. The van der Waals surface area contributed by atoms with Crippen LogP contribution >= 0.6 is 0 Å². The van der Waals surface area contributed by atoms with Crippen molar-refractivity contribution in [3.8, 4) is 6.07 Å². The summed E-state index contributed by atoms with van der Waals surface area (Å²) in [4.78, 5) is 2.26. The molecule has 1 aromatic carbocycles. The number of likely N-dealkylation sites (N-methyl/N-ethyl adjacent to an activating group) is 1. The normalized spacial score (nSPS) is 19.6. The molecule has 98 valence electrons. The first-order chi connectivity index (χ1) is 8.71. The van der Waals surface area contributed by atoms with E-state index in [1.54, 1.807) is 0 Å². The van der Waals surface area contributed by atoms with Crippen LogP contribution in [0.4, 0.5) is 0 Å². The smallest absolute Gasteiger partial charge is 0.0991 e. The van der Waals surface area contributed by atoms with Gasteiger partial charge in [-0.15, -0.1) is 0 Å². The van der Waals surface area contributed by atoms with E-state index < -0.39 is 0 Å². The first-order valence-corrected chi connectivity index (χ1v) is 6.51. The Hall–Kier alpha value is -1.37. The fourth-order valence-electron chi connectivity index (χ4n) is 1.75. The number of hydrogen-bond donors (Lipinski definition) is 0. The zero-order valence-electron chi connectivity index (χ0n) is 11.5. The largest absolute Gasteiger partial charge is 0.371 e. The van der Waals surface area contributed by atoms with Gasteiger partial charge in [0.05, 0.1) is 24.3 Å². The average Bonchev–Trinajstić information content (AvgIpc) is 2.40. The van der Waals surface area contributed by atoms with E-state index in [0.29, 0.717) is 5.56 Å². The summed E-state index contributed by atoms with van der Waals surface area (Å²) in [6, 6.07) is 9.74. The van der Waals surface area contributed by atoms with Gasteiger partial charge in [0.25, 0.3) is 0 Å². The molecule has 1 aliphatic rings. The van der Waals surface area contributed by atoms with Crippen LogP contribution in [-0.2, 0) is 4.74 Å². The summed E-state index contributed by atoms with van der Waals surface area (Å²) in [7, 11) is 2.10. The number of nitrogens with zero attached hydrogens (tertiary/aromatic N) is 2. The van der Waals surface area contributed by atoms with Crippen LogP contribution in [0, 0.1) is 11.3 Å². The van der Waals surface area contributed by atoms with Crippen molar-refractivity contribution in [3.63, 3.8) is 0 Å². The lowest BCUT2D eigenvalue weighted by molar-refractivity contribution is -0.0208. The van der Waals surface area contributed by atoms with E-state index >= 15 is 0 Å². The maximum absolute atomic E-state index is 8.69. The van der Waals surface area contributed by atoms with Gasteiger partial charge < -0.3 is 9.64 Å². The van der Waals surface area contributed by atoms with Crippen LogP contribution in [0.1, 0.15) is 37.5 Å². The number of morpholine rings is 1. The molecule has 1 aromatic rings. The van der Waals surface area contributed by atoms with E-state index in [1.165, 1.54) is 6.42 Å². The molecule has 1 aliphatic heterocycles. The molecule has 0 aliphatic carbocycles. The van der Waals surface area contributed by atoms with E-state index in [2.05, 4.69) is 31.9 Å². The molecule has 3 heteroatoms. The quantitative estimate of drug-likeness (QED) is 0.764. The van der Waals surface area contributed by atoms with E-state index in [-0.39, 0.29) is 6.10 Å². The van der Waals surface area contributed by atoms with E-state index in [0.717, 1.165) is 25.3 Å². The molecule has 1 atom stereocenters. The van der Waals surface area contributed by atoms with Crippen LogP contribution in [-0.4, -0.2) is 31.6 Å². The predicted octanol–water partition coefficient (Wildman–Crippen LogP) is 2.98. The zero-order valence-corrected chi connectivity index (χ0v) is 11.5. The number of nitriles is 1. The molecule has 0 bridgehead atoms. The molecule has 0 aromatic heterocycles. The van der Waals surface area contributed by atoms with Gasteiger partial charge in [0, 0.05) is 13.1 Å². The highest BCUT2D eigenvalue weighted by atomic mass is 16.5. The van der Waals surface area contributed by atoms with Crippen LogP contribution in [0.5, 0.6) is 0 Å². The minimum atomic E-state index is 0.150. The molecule has 1 fully saturated rings. The monoisotopic (exact) mass is 246 g/mol. The Balaban J connectivity index is 0.000000492. The second-order valence-electron chi connectivity index (χ2n) is 4.56. The minimum Gasteiger partial charge on any atom is -0.371 e. The molecular formula is C15H22N2O. The molecule has 18 heavy (non-hydrogen) atoms. The molecule has 1 unspecified atom stereocenters. The molecule has 3 nitrogen and oxygen atoms in total. The number of benzene rings is 1. The van der Waals surface area contributed by atoms with Crippen molar-refractivity contribution in [2.75, 3.05) is 26.7 Å². The number of rotatable bonds is 1. The Morgan fingerprint density at radius 3 is 2.44 bits per heavy atom. The Bertz CT molecular complexity index is 380. The fraction of sp³-hybridized carbons (Fsp3) is 0.533. The van der Waals surface area contributed by atoms with Crippen molar-refractivity contribution in [2.45, 2.75) is 26.4 Å². The molecule has 0 radical (unpaired) electrons. The SMILES string of the molecule is CCC.CN1CCOC(c2ccc(C#N)cc2)C1. The van der Waals surface area contributed by atoms with Gasteiger partial charge in [-0.25, -0.2) is 0 Å². The van der Waals surface area contributed by atoms with Crippen molar-refractivity contribution in [2.24, 2.45) is 0 Å². The second-order valence-corrected chi connectivity index (χ2v) is 4.56. The minimum absolute atomic E-state index is 0.150. The molecule has 2 rings (SSSR count). The highest BCUT2D eigenvalue weighted by Gasteiger charge is 2.18. The summed E-state index contributed by atoms with van der Waals surface area (Å²) in [5.41, 5.74) is 1.85. The van der Waals surface area contributed by atoms with Crippen LogP contribution in [0.25, 0.3) is 0 Å². The number of hydrogen-bond acceptors (Lipinski definition) is 3. The molecule has 0 saturated carbocycles. The van der Waals surface area contributed by atoms with Gasteiger partial charge in [0.2, 0.25) is 0 Å². The number of ether oxygens (including phenoxy) is 1. The maximum atomic E-state index is 8.69. The van der Waals surface area contributed by atoms with Gasteiger partial charge in [-0.1, -0.05) is 32.4 Å². The third-order valence-electron chi connectivity index (χ3n) is 2.68. The fourth-order valence-corrected chi connectivity index (χ4v) is 1.75. The first-order valence-electron chi connectivity index (χ1n) is 6.51. The van der Waals surface area contributed by atoms with Crippen LogP contribution in [0.2, 0.25) is 0 Å². The first kappa shape index (κ1) is 14.7. The lowest BCUT2D eigenvalue weighted by atomic mass is 10.1. The predicted molar refractivity (Wildman–Crippen MR) is 73.3 cm³/mol. The van der Waals surface area contributed by atoms with Gasteiger partial charge in [0.1, 0.15) is 0 Å². The molecule has 1 heterocycles. The van der Waals surface area contributed by atoms with E-state index in [9.17, 15) is 0 Å². The average molecular weight is 246 g/mol. The van der Waals surface area contributed by atoms with Gasteiger partial charge in [-0.3, -0.25) is 0 Å². The van der Waals surface area contributed by atoms with E-state index in [1.807, 2.05) is 24.3 Å². The van der Waals surface area contributed by atoms with Gasteiger partial charge in [0.15, 0.2) is 0 Å². The zero-order chi connectivity index (χ0) is 13.4. The summed E-state index contributed by atoms with van der Waals surface area (Å²) in [5.74, 6) is 0. The van der Waals surface area contributed by atoms with Crippen LogP contribution in [0.3, 0.4) is 0 Å². The summed E-state index contributed by atoms with van der Waals surface area (Å²) < 4.78 is 5.68. The highest BCUT2D eigenvalue weighted by molar-refractivity contribution is 5.32. The van der Waals surface area contributed by atoms with E-state index in [4.69, 9.17) is 10.00 Å². The van der Waals surface area contributed by atoms with Gasteiger partial charge in [-0.2, -0.15) is 5.26 Å². The summed E-state index contributed by atoms with van der Waals surface area (Å²) in [5, 5.41) is 8.69. The Kier molecular flexibility index (Phi) is 6.42. The Morgan fingerprint density at radius 1 is 1.33 bits per heavy atom. The van der Waals surface area contributed by atoms with Crippen molar-refractivity contribution in [1.82, 2.24) is 4.90 Å². The van der Waals surface area contributed by atoms with Crippen molar-refractivity contribution < 1.29 is 4.74 Å². The summed E-state index contributed by atoms with van der Waals surface area (Å²) in [6.07, 6.45) is 1.40. The Labute approximate surface area is 110 Å². The molecule has 0 amide bonds. The molecule has 1 saturated heterocycles.